The lowest BCUT2D eigenvalue weighted by atomic mass is 10.3. The van der Waals surface area contributed by atoms with E-state index in [-0.39, 0.29) is 5.91 Å². The Labute approximate surface area is 88.8 Å². The van der Waals surface area contributed by atoms with Crippen LogP contribution in [0.3, 0.4) is 0 Å². The van der Waals surface area contributed by atoms with Crippen LogP contribution in [0.15, 0.2) is 11.4 Å². The quantitative estimate of drug-likeness (QED) is 0.819. The van der Waals surface area contributed by atoms with Gasteiger partial charge in [-0.2, -0.15) is 0 Å². The molecule has 4 nitrogen and oxygen atoms in total. The first-order valence-electron chi connectivity index (χ1n) is 4.07. The molecule has 0 bridgehead atoms. The summed E-state index contributed by atoms with van der Waals surface area (Å²) in [6, 6.07) is 1.43. The number of hydrogen-bond acceptors (Lipinski definition) is 5. The van der Waals surface area contributed by atoms with Crippen LogP contribution in [0.4, 0.5) is 5.13 Å². The summed E-state index contributed by atoms with van der Waals surface area (Å²) >= 11 is 3.09. The van der Waals surface area contributed by atoms with Crippen molar-refractivity contribution in [1.29, 1.82) is 0 Å². The molecule has 6 heteroatoms. The Balaban J connectivity index is 2.19. The monoisotopic (exact) mass is 227 g/mol. The summed E-state index contributed by atoms with van der Waals surface area (Å²) in [5.41, 5.74) is 6.35. The maximum absolute atomic E-state index is 11.2. The van der Waals surface area contributed by atoms with Crippen molar-refractivity contribution >= 4 is 43.2 Å². The number of carbonyl (C=O) groups excluding carboxylic acids is 1. The van der Waals surface area contributed by atoms with Crippen LogP contribution in [-0.4, -0.2) is 16.9 Å². The Hall–Kier alpha value is -0.980. The summed E-state index contributed by atoms with van der Waals surface area (Å²) in [7, 11) is 0. The van der Waals surface area contributed by atoms with Gasteiger partial charge in [-0.15, -0.1) is 11.3 Å². The van der Waals surface area contributed by atoms with Gasteiger partial charge in [-0.05, 0) is 18.4 Å². The maximum Gasteiger partial charge on any atom is 0.242 e. The summed E-state index contributed by atoms with van der Waals surface area (Å²) in [6.07, 6.45) is 0. The van der Waals surface area contributed by atoms with E-state index in [0.717, 1.165) is 9.53 Å². The lowest BCUT2D eigenvalue weighted by molar-refractivity contribution is -0.117. The largest absolute Gasteiger partial charge is 0.320 e. The molecule has 2 aromatic heterocycles. The van der Waals surface area contributed by atoms with Gasteiger partial charge >= 0.3 is 0 Å². The van der Waals surface area contributed by atoms with Crippen LogP contribution in [0, 0.1) is 0 Å². The molecule has 0 fully saturated rings. The van der Waals surface area contributed by atoms with Crippen molar-refractivity contribution in [2.24, 2.45) is 5.73 Å². The Morgan fingerprint density at radius 2 is 2.50 bits per heavy atom. The number of carbonyl (C=O) groups is 1. The molecule has 2 rings (SSSR count). The van der Waals surface area contributed by atoms with Crippen molar-refractivity contribution < 1.29 is 4.79 Å². The minimum atomic E-state index is -0.503. The first-order valence-corrected chi connectivity index (χ1v) is 5.77. The van der Waals surface area contributed by atoms with E-state index in [9.17, 15) is 4.79 Å². The Morgan fingerprint density at radius 1 is 1.71 bits per heavy atom. The lowest BCUT2D eigenvalue weighted by Gasteiger charge is -2.02. The van der Waals surface area contributed by atoms with Gasteiger partial charge in [0.25, 0.3) is 0 Å². The van der Waals surface area contributed by atoms with E-state index in [1.165, 1.54) is 11.3 Å². The second-order valence-electron chi connectivity index (χ2n) is 2.89. The van der Waals surface area contributed by atoms with Gasteiger partial charge in [-0.25, -0.2) is 4.98 Å². The molecular weight excluding hydrogens is 218 g/mol. The third-order valence-electron chi connectivity index (χ3n) is 1.67. The molecule has 0 saturated heterocycles. The van der Waals surface area contributed by atoms with Gasteiger partial charge in [-0.3, -0.25) is 4.79 Å². The Bertz CT molecular complexity index is 431. The molecule has 0 aliphatic carbocycles. The molecule has 1 amide bonds. The number of nitrogens with zero attached hydrogens (tertiary/aromatic N) is 1. The highest BCUT2D eigenvalue weighted by Gasteiger charge is 2.11. The summed E-state index contributed by atoms with van der Waals surface area (Å²) in [5, 5.41) is 5.26. The fraction of sp³-hybridized carbons (Fsp3) is 0.250. The molecule has 2 aromatic rings. The van der Waals surface area contributed by atoms with Crippen LogP contribution in [0.1, 0.15) is 6.92 Å². The van der Waals surface area contributed by atoms with Crippen molar-refractivity contribution in [2.75, 3.05) is 5.32 Å². The fourth-order valence-electron chi connectivity index (χ4n) is 0.941. The summed E-state index contributed by atoms with van der Waals surface area (Å²) in [6.45, 7) is 1.64. The van der Waals surface area contributed by atoms with E-state index in [1.54, 1.807) is 18.3 Å². The number of anilines is 1. The number of fused-ring (bicyclic) bond motifs is 1. The smallest absolute Gasteiger partial charge is 0.242 e. The molecule has 1 unspecified atom stereocenters. The van der Waals surface area contributed by atoms with Crippen LogP contribution < -0.4 is 11.1 Å². The van der Waals surface area contributed by atoms with Crippen molar-refractivity contribution in [1.82, 2.24) is 4.98 Å². The average Bonchev–Trinajstić information content (AvgIpc) is 2.63. The molecule has 0 aliphatic heterocycles. The lowest BCUT2D eigenvalue weighted by Crippen LogP contribution is -2.32. The SMILES string of the molecule is CC(N)C(=O)Nc1nc2ccsc2s1. The van der Waals surface area contributed by atoms with E-state index in [4.69, 9.17) is 5.73 Å². The number of rotatable bonds is 2. The van der Waals surface area contributed by atoms with Crippen LogP contribution in [0.5, 0.6) is 0 Å². The summed E-state index contributed by atoms with van der Waals surface area (Å²) in [5.74, 6) is -0.202. The predicted molar refractivity (Wildman–Crippen MR) is 59.8 cm³/mol. The molecule has 0 spiro atoms. The third-order valence-corrected chi connectivity index (χ3v) is 3.68. The van der Waals surface area contributed by atoms with Crippen molar-refractivity contribution in [3.8, 4) is 0 Å². The normalized spacial score (nSPS) is 13.0. The molecule has 74 valence electrons. The van der Waals surface area contributed by atoms with E-state index < -0.39 is 6.04 Å². The number of hydrogen-bond donors (Lipinski definition) is 2. The minimum Gasteiger partial charge on any atom is -0.320 e. The molecular formula is C8H9N3OS2. The van der Waals surface area contributed by atoms with Gasteiger partial charge in [0.2, 0.25) is 5.91 Å². The number of nitrogens with one attached hydrogen (secondary N) is 1. The van der Waals surface area contributed by atoms with Gasteiger partial charge < -0.3 is 11.1 Å². The molecule has 0 aromatic carbocycles. The van der Waals surface area contributed by atoms with Crippen molar-refractivity contribution in [3.63, 3.8) is 0 Å². The summed E-state index contributed by atoms with van der Waals surface area (Å²) in [4.78, 5) is 15.5. The van der Waals surface area contributed by atoms with Crippen LogP contribution in [0.2, 0.25) is 0 Å². The Morgan fingerprint density at radius 3 is 3.14 bits per heavy atom. The number of thiazole rings is 1. The van der Waals surface area contributed by atoms with E-state index in [2.05, 4.69) is 10.3 Å². The summed E-state index contributed by atoms with van der Waals surface area (Å²) < 4.78 is 1.12. The van der Waals surface area contributed by atoms with E-state index >= 15 is 0 Å². The standard InChI is InChI=1S/C8H9N3OS2/c1-4(9)6(12)11-8-10-5-2-3-13-7(5)14-8/h2-4H,9H2,1H3,(H,10,11,12). The molecule has 3 N–H and O–H groups in total. The number of nitrogens with two attached hydrogens (primary N) is 1. The van der Waals surface area contributed by atoms with Crippen LogP contribution in [-0.2, 0) is 4.79 Å². The molecule has 1 atom stereocenters. The molecule has 14 heavy (non-hydrogen) atoms. The number of amides is 1. The minimum absolute atomic E-state index is 0.202. The van der Waals surface area contributed by atoms with Gasteiger partial charge in [0.1, 0.15) is 4.01 Å². The second-order valence-corrected chi connectivity index (χ2v) is 5.06. The zero-order valence-electron chi connectivity index (χ0n) is 7.48. The van der Waals surface area contributed by atoms with Crippen LogP contribution in [0.25, 0.3) is 9.53 Å². The first-order chi connectivity index (χ1) is 6.66. The molecule has 0 aliphatic rings. The second kappa shape index (κ2) is 3.64. The van der Waals surface area contributed by atoms with Crippen molar-refractivity contribution in [2.45, 2.75) is 13.0 Å². The third kappa shape index (κ3) is 1.77. The zero-order valence-corrected chi connectivity index (χ0v) is 9.11. The number of thiophene rings is 1. The van der Waals surface area contributed by atoms with Gasteiger partial charge in [-0.1, -0.05) is 11.3 Å². The average molecular weight is 227 g/mol. The van der Waals surface area contributed by atoms with Gasteiger partial charge in [0.15, 0.2) is 5.13 Å². The van der Waals surface area contributed by atoms with Gasteiger partial charge in [0, 0.05) is 0 Å². The highest BCUT2D eigenvalue weighted by molar-refractivity contribution is 7.39. The van der Waals surface area contributed by atoms with Crippen LogP contribution >= 0.6 is 22.7 Å². The highest BCUT2D eigenvalue weighted by Crippen LogP contribution is 2.30. The first kappa shape index (κ1) is 9.57. The van der Waals surface area contributed by atoms with Crippen molar-refractivity contribution in [3.05, 3.63) is 11.4 Å². The topological polar surface area (TPSA) is 68.0 Å². The predicted octanol–water partition coefficient (Wildman–Crippen LogP) is 1.64. The maximum atomic E-state index is 11.2. The van der Waals surface area contributed by atoms with Gasteiger partial charge in [0.05, 0.1) is 11.6 Å². The fourth-order valence-corrected chi connectivity index (χ4v) is 2.78. The van der Waals surface area contributed by atoms with E-state index in [1.807, 2.05) is 11.4 Å². The Kier molecular flexibility index (Phi) is 2.49. The number of aromatic nitrogens is 1. The molecule has 0 saturated carbocycles. The zero-order chi connectivity index (χ0) is 10.1. The highest BCUT2D eigenvalue weighted by atomic mass is 32.2. The molecule has 0 radical (unpaired) electrons. The van der Waals surface area contributed by atoms with E-state index in [0.29, 0.717) is 5.13 Å². The molecule has 2 heterocycles.